The highest BCUT2D eigenvalue weighted by Gasteiger charge is 2.35. The molecule has 0 aromatic heterocycles. The molecule has 6 heteroatoms. The number of amides is 2. The number of halogens is 1. The Balaban J connectivity index is 1.76. The largest absolute Gasteiger partial charge is 0.496 e. The highest BCUT2D eigenvalue weighted by atomic mass is 35.5. The number of rotatable bonds is 4. The molecule has 2 aromatic rings. The van der Waals surface area contributed by atoms with Crippen LogP contribution in [-0.2, 0) is 4.79 Å². The Labute approximate surface area is 151 Å². The number of carbonyl (C=O) groups is 2. The molecule has 3 rings (SSSR count). The van der Waals surface area contributed by atoms with Crippen molar-refractivity contribution >= 4 is 29.1 Å². The summed E-state index contributed by atoms with van der Waals surface area (Å²) in [6.45, 7) is 0.551. The first-order valence-electron chi connectivity index (χ1n) is 8.10. The van der Waals surface area contributed by atoms with Gasteiger partial charge in [0.15, 0.2) is 0 Å². The van der Waals surface area contributed by atoms with Crippen LogP contribution >= 0.6 is 11.6 Å². The zero-order chi connectivity index (χ0) is 17.8. The highest BCUT2D eigenvalue weighted by molar-refractivity contribution is 6.30. The third kappa shape index (κ3) is 3.77. The first kappa shape index (κ1) is 17.3. The van der Waals surface area contributed by atoms with Crippen molar-refractivity contribution in [1.29, 1.82) is 0 Å². The van der Waals surface area contributed by atoms with Gasteiger partial charge in [0.1, 0.15) is 11.8 Å². The molecule has 0 saturated carbocycles. The van der Waals surface area contributed by atoms with Crippen LogP contribution in [0.1, 0.15) is 23.2 Å². The third-order valence-corrected chi connectivity index (χ3v) is 4.52. The van der Waals surface area contributed by atoms with E-state index in [1.807, 2.05) is 6.07 Å². The van der Waals surface area contributed by atoms with Gasteiger partial charge < -0.3 is 15.0 Å². The number of likely N-dealkylation sites (tertiary alicyclic amines) is 1. The number of nitrogens with zero attached hydrogens (tertiary/aromatic N) is 1. The van der Waals surface area contributed by atoms with Crippen molar-refractivity contribution in [3.8, 4) is 5.75 Å². The second-order valence-electron chi connectivity index (χ2n) is 5.85. The molecule has 1 fully saturated rings. The number of hydrogen-bond acceptors (Lipinski definition) is 3. The van der Waals surface area contributed by atoms with Crippen molar-refractivity contribution in [1.82, 2.24) is 4.90 Å². The molecule has 1 saturated heterocycles. The van der Waals surface area contributed by atoms with Gasteiger partial charge in [-0.3, -0.25) is 9.59 Å². The summed E-state index contributed by atoms with van der Waals surface area (Å²) >= 11 is 5.86. The summed E-state index contributed by atoms with van der Waals surface area (Å²) < 4.78 is 5.27. The average molecular weight is 359 g/mol. The van der Waals surface area contributed by atoms with E-state index in [0.717, 1.165) is 6.42 Å². The Hall–Kier alpha value is -2.53. The molecule has 0 radical (unpaired) electrons. The van der Waals surface area contributed by atoms with E-state index in [1.54, 1.807) is 47.4 Å². The molecule has 1 heterocycles. The zero-order valence-electron chi connectivity index (χ0n) is 13.9. The van der Waals surface area contributed by atoms with E-state index in [2.05, 4.69) is 5.32 Å². The van der Waals surface area contributed by atoms with Gasteiger partial charge in [-0.1, -0.05) is 23.7 Å². The molecule has 2 amide bonds. The minimum Gasteiger partial charge on any atom is -0.496 e. The van der Waals surface area contributed by atoms with Crippen LogP contribution < -0.4 is 10.1 Å². The lowest BCUT2D eigenvalue weighted by Gasteiger charge is -2.24. The number of anilines is 1. The van der Waals surface area contributed by atoms with Gasteiger partial charge in [0.05, 0.1) is 12.7 Å². The first-order valence-corrected chi connectivity index (χ1v) is 8.48. The first-order chi connectivity index (χ1) is 12.1. The summed E-state index contributed by atoms with van der Waals surface area (Å²) in [5.41, 5.74) is 1.13. The van der Waals surface area contributed by atoms with Gasteiger partial charge in [-0.25, -0.2) is 0 Å². The maximum absolute atomic E-state index is 12.9. The van der Waals surface area contributed by atoms with Crippen LogP contribution in [0.2, 0.25) is 5.02 Å². The van der Waals surface area contributed by atoms with Gasteiger partial charge in [-0.2, -0.15) is 0 Å². The van der Waals surface area contributed by atoms with Crippen LogP contribution in [0.4, 0.5) is 5.69 Å². The zero-order valence-corrected chi connectivity index (χ0v) is 14.6. The Kier molecular flexibility index (Phi) is 5.24. The van der Waals surface area contributed by atoms with Gasteiger partial charge in [0.25, 0.3) is 5.91 Å². The predicted octanol–water partition coefficient (Wildman–Crippen LogP) is 3.59. The summed E-state index contributed by atoms with van der Waals surface area (Å²) in [6.07, 6.45) is 1.43. The standard InChI is InChI=1S/C19H19ClN2O3/c1-25-17-7-3-2-5-15(17)19(24)22-12-4-6-16(22)18(23)21-14-10-8-13(20)9-11-14/h2-3,5,7-11,16H,4,6,12H2,1H3,(H,21,23)/t16-/m0/s1. The van der Waals surface area contributed by atoms with Crippen LogP contribution in [0.15, 0.2) is 48.5 Å². The predicted molar refractivity (Wildman–Crippen MR) is 97.1 cm³/mol. The van der Waals surface area contributed by atoms with Crippen molar-refractivity contribution in [3.05, 3.63) is 59.1 Å². The topological polar surface area (TPSA) is 58.6 Å². The van der Waals surface area contributed by atoms with Crippen LogP contribution in [0.25, 0.3) is 0 Å². The van der Waals surface area contributed by atoms with E-state index in [-0.39, 0.29) is 11.8 Å². The third-order valence-electron chi connectivity index (χ3n) is 4.27. The average Bonchev–Trinajstić information content (AvgIpc) is 3.13. The molecule has 0 bridgehead atoms. The molecule has 0 spiro atoms. The molecule has 130 valence electrons. The molecule has 1 atom stereocenters. The molecule has 1 N–H and O–H groups in total. The lowest BCUT2D eigenvalue weighted by atomic mass is 10.1. The summed E-state index contributed by atoms with van der Waals surface area (Å²) in [5.74, 6) is 0.130. The number of para-hydroxylation sites is 1. The molecular weight excluding hydrogens is 340 g/mol. The fourth-order valence-corrected chi connectivity index (χ4v) is 3.14. The molecule has 25 heavy (non-hydrogen) atoms. The van der Waals surface area contributed by atoms with Crippen molar-refractivity contribution in [2.75, 3.05) is 19.0 Å². The van der Waals surface area contributed by atoms with Crippen LogP contribution in [0.5, 0.6) is 5.75 Å². The van der Waals surface area contributed by atoms with E-state index in [0.29, 0.717) is 35.0 Å². The Morgan fingerprint density at radius 3 is 2.60 bits per heavy atom. The summed E-state index contributed by atoms with van der Waals surface area (Å²) in [6, 6.07) is 13.5. The molecule has 5 nitrogen and oxygen atoms in total. The SMILES string of the molecule is COc1ccccc1C(=O)N1CCC[C@H]1C(=O)Nc1ccc(Cl)cc1. The molecule has 1 aliphatic heterocycles. The summed E-state index contributed by atoms with van der Waals surface area (Å²) in [4.78, 5) is 27.1. The van der Waals surface area contributed by atoms with E-state index in [4.69, 9.17) is 16.3 Å². The van der Waals surface area contributed by atoms with Crippen molar-refractivity contribution < 1.29 is 14.3 Å². The van der Waals surface area contributed by atoms with Gasteiger partial charge in [0.2, 0.25) is 5.91 Å². The highest BCUT2D eigenvalue weighted by Crippen LogP contribution is 2.26. The lowest BCUT2D eigenvalue weighted by Crippen LogP contribution is -2.43. The molecular formula is C19H19ClN2O3. The number of ether oxygens (including phenoxy) is 1. The number of methoxy groups -OCH3 is 1. The minimum atomic E-state index is -0.493. The number of nitrogens with one attached hydrogen (secondary N) is 1. The van der Waals surface area contributed by atoms with E-state index in [1.165, 1.54) is 7.11 Å². The number of hydrogen-bond donors (Lipinski definition) is 1. The minimum absolute atomic E-state index is 0.189. The Morgan fingerprint density at radius 1 is 1.16 bits per heavy atom. The van der Waals surface area contributed by atoms with E-state index in [9.17, 15) is 9.59 Å². The van der Waals surface area contributed by atoms with Crippen LogP contribution in [0.3, 0.4) is 0 Å². The van der Waals surface area contributed by atoms with Crippen molar-refractivity contribution in [2.24, 2.45) is 0 Å². The maximum atomic E-state index is 12.9. The monoisotopic (exact) mass is 358 g/mol. The smallest absolute Gasteiger partial charge is 0.258 e. The van der Waals surface area contributed by atoms with Crippen LogP contribution in [0, 0.1) is 0 Å². The van der Waals surface area contributed by atoms with Gasteiger partial charge in [0, 0.05) is 17.3 Å². The van der Waals surface area contributed by atoms with Gasteiger partial charge in [-0.05, 0) is 49.2 Å². The van der Waals surface area contributed by atoms with E-state index >= 15 is 0 Å². The number of carbonyl (C=O) groups excluding carboxylic acids is 2. The lowest BCUT2D eigenvalue weighted by molar-refractivity contribution is -0.119. The molecule has 0 aliphatic carbocycles. The summed E-state index contributed by atoms with van der Waals surface area (Å²) in [7, 11) is 1.53. The second-order valence-corrected chi connectivity index (χ2v) is 6.29. The van der Waals surface area contributed by atoms with Crippen LogP contribution in [-0.4, -0.2) is 36.4 Å². The molecule has 2 aromatic carbocycles. The Morgan fingerprint density at radius 2 is 1.88 bits per heavy atom. The van der Waals surface area contributed by atoms with Crippen molar-refractivity contribution in [3.63, 3.8) is 0 Å². The molecule has 1 aliphatic rings. The van der Waals surface area contributed by atoms with Crippen molar-refractivity contribution in [2.45, 2.75) is 18.9 Å². The fraction of sp³-hybridized carbons (Fsp3) is 0.263. The fourth-order valence-electron chi connectivity index (χ4n) is 3.02. The normalized spacial score (nSPS) is 16.6. The maximum Gasteiger partial charge on any atom is 0.258 e. The molecule has 0 unspecified atom stereocenters. The quantitative estimate of drug-likeness (QED) is 0.908. The van der Waals surface area contributed by atoms with Gasteiger partial charge in [-0.15, -0.1) is 0 Å². The Bertz CT molecular complexity index is 776. The van der Waals surface area contributed by atoms with Gasteiger partial charge >= 0.3 is 0 Å². The number of benzene rings is 2. The van der Waals surface area contributed by atoms with E-state index < -0.39 is 6.04 Å². The summed E-state index contributed by atoms with van der Waals surface area (Å²) in [5, 5.41) is 3.46. The second kappa shape index (κ2) is 7.57.